The Balaban J connectivity index is 1.63. The van der Waals surface area contributed by atoms with E-state index >= 15 is 0 Å². The molecule has 1 aromatic heterocycles. The van der Waals surface area contributed by atoms with E-state index < -0.39 is 0 Å². The van der Waals surface area contributed by atoms with Crippen LogP contribution in [0.1, 0.15) is 5.56 Å². The Hall–Kier alpha value is -2.15. The van der Waals surface area contributed by atoms with Gasteiger partial charge < -0.3 is 10.6 Å². The first-order valence-corrected chi connectivity index (χ1v) is 8.46. The van der Waals surface area contributed by atoms with E-state index in [9.17, 15) is 4.39 Å². The van der Waals surface area contributed by atoms with Gasteiger partial charge in [-0.1, -0.05) is 41.4 Å². The molecule has 8 heteroatoms. The van der Waals surface area contributed by atoms with Gasteiger partial charge in [-0.25, -0.2) is 4.39 Å². The maximum Gasteiger partial charge on any atom is 0.175 e. The summed E-state index contributed by atoms with van der Waals surface area (Å²) in [5, 5.41) is 11.6. The summed E-state index contributed by atoms with van der Waals surface area (Å²) in [6.07, 6.45) is 3.35. The predicted octanol–water partition coefficient (Wildman–Crippen LogP) is 5.19. The van der Waals surface area contributed by atoms with Gasteiger partial charge in [-0.2, -0.15) is 5.10 Å². The zero-order valence-electron chi connectivity index (χ0n) is 12.8. The fourth-order valence-corrected chi connectivity index (χ4v) is 3.00. The Morgan fingerprint density at radius 1 is 1.08 bits per heavy atom. The van der Waals surface area contributed by atoms with Crippen molar-refractivity contribution in [3.63, 3.8) is 0 Å². The van der Waals surface area contributed by atoms with Gasteiger partial charge in [-0.05, 0) is 36.5 Å². The number of nitrogens with zero attached hydrogens (tertiary/aromatic N) is 2. The number of nitrogens with one attached hydrogen (secondary N) is 2. The number of hydrogen-bond acceptors (Lipinski definition) is 2. The Kier molecular flexibility index (Phi) is 5.53. The summed E-state index contributed by atoms with van der Waals surface area (Å²) in [5.41, 5.74) is 1.92. The lowest BCUT2D eigenvalue weighted by atomic mass is 10.2. The normalized spacial score (nSPS) is 10.5. The van der Waals surface area contributed by atoms with E-state index in [2.05, 4.69) is 15.7 Å². The second-order valence-corrected chi connectivity index (χ2v) is 6.54. The average molecular weight is 395 g/mol. The summed E-state index contributed by atoms with van der Waals surface area (Å²) in [5.74, 6) is -0.262. The van der Waals surface area contributed by atoms with Crippen molar-refractivity contribution < 1.29 is 4.39 Å². The smallest absolute Gasteiger partial charge is 0.175 e. The Bertz CT molecular complexity index is 893. The quantitative estimate of drug-likeness (QED) is 0.597. The van der Waals surface area contributed by atoms with Crippen LogP contribution in [0.2, 0.25) is 10.0 Å². The van der Waals surface area contributed by atoms with Gasteiger partial charge in [0.1, 0.15) is 5.82 Å². The molecule has 0 saturated carbocycles. The topological polar surface area (TPSA) is 41.9 Å². The molecule has 3 aromatic rings. The number of anilines is 2. The van der Waals surface area contributed by atoms with Crippen LogP contribution in [0.3, 0.4) is 0 Å². The highest BCUT2D eigenvalue weighted by molar-refractivity contribution is 7.80. The number of benzene rings is 2. The fraction of sp³-hybridized carbons (Fsp3) is 0.0588. The van der Waals surface area contributed by atoms with Gasteiger partial charge in [0.15, 0.2) is 5.11 Å². The highest BCUT2D eigenvalue weighted by atomic mass is 35.5. The maximum absolute atomic E-state index is 13.7. The standard InChI is InChI=1S/C17H13Cl2FN4S/c18-12-5-13(19)7-14(6-12)22-17(25)23-15-8-21-24(10-15)9-11-3-1-2-4-16(11)20/h1-8,10H,9H2,(H2,22,23,25). The molecule has 3 rings (SSSR count). The van der Waals surface area contributed by atoms with E-state index in [1.54, 1.807) is 53.5 Å². The summed E-state index contributed by atoms with van der Waals surface area (Å²) in [4.78, 5) is 0. The number of halogens is 3. The van der Waals surface area contributed by atoms with E-state index in [1.807, 2.05) is 0 Å². The molecule has 0 unspecified atom stereocenters. The van der Waals surface area contributed by atoms with Crippen LogP contribution >= 0.6 is 35.4 Å². The minimum absolute atomic E-state index is 0.262. The summed E-state index contributed by atoms with van der Waals surface area (Å²) < 4.78 is 15.3. The molecule has 0 radical (unpaired) electrons. The van der Waals surface area contributed by atoms with Crippen LogP contribution < -0.4 is 10.6 Å². The second kappa shape index (κ2) is 7.82. The molecule has 0 spiro atoms. The Labute approximate surface area is 159 Å². The third-order valence-electron chi connectivity index (χ3n) is 3.30. The molecular weight excluding hydrogens is 382 g/mol. The molecule has 0 amide bonds. The molecule has 0 aliphatic rings. The largest absolute Gasteiger partial charge is 0.332 e. The first kappa shape index (κ1) is 17.7. The van der Waals surface area contributed by atoms with Crippen molar-refractivity contribution in [1.29, 1.82) is 0 Å². The van der Waals surface area contributed by atoms with Gasteiger partial charge in [0.2, 0.25) is 0 Å². The molecule has 2 N–H and O–H groups in total. The van der Waals surface area contributed by atoms with E-state index in [4.69, 9.17) is 35.4 Å². The molecule has 25 heavy (non-hydrogen) atoms. The van der Waals surface area contributed by atoms with Crippen molar-refractivity contribution in [1.82, 2.24) is 9.78 Å². The average Bonchev–Trinajstić information content (AvgIpc) is 2.95. The van der Waals surface area contributed by atoms with Gasteiger partial charge in [0.05, 0.1) is 18.4 Å². The summed E-state index contributed by atoms with van der Waals surface area (Å²) in [6.45, 7) is 0.332. The van der Waals surface area contributed by atoms with Crippen LogP contribution in [0.25, 0.3) is 0 Å². The molecule has 0 fully saturated rings. The summed E-state index contributed by atoms with van der Waals surface area (Å²) in [7, 11) is 0. The number of hydrogen-bond donors (Lipinski definition) is 2. The van der Waals surface area contributed by atoms with E-state index in [0.717, 1.165) is 0 Å². The van der Waals surface area contributed by atoms with Gasteiger partial charge in [-0.15, -0.1) is 0 Å². The van der Waals surface area contributed by atoms with Crippen molar-refractivity contribution in [3.05, 3.63) is 76.3 Å². The van der Waals surface area contributed by atoms with Crippen molar-refractivity contribution in [2.75, 3.05) is 10.6 Å². The first-order valence-electron chi connectivity index (χ1n) is 7.29. The number of aromatic nitrogens is 2. The van der Waals surface area contributed by atoms with E-state index in [0.29, 0.717) is 38.6 Å². The van der Waals surface area contributed by atoms with E-state index in [1.165, 1.54) is 6.07 Å². The molecule has 0 saturated heterocycles. The molecule has 0 aliphatic carbocycles. The van der Waals surface area contributed by atoms with Gasteiger partial charge in [0.25, 0.3) is 0 Å². The van der Waals surface area contributed by atoms with Crippen molar-refractivity contribution in [3.8, 4) is 0 Å². The number of thiocarbonyl (C=S) groups is 1. The Morgan fingerprint density at radius 3 is 2.48 bits per heavy atom. The lowest BCUT2D eigenvalue weighted by Crippen LogP contribution is -2.18. The van der Waals surface area contributed by atoms with Crippen molar-refractivity contribution >= 4 is 51.9 Å². The minimum Gasteiger partial charge on any atom is -0.332 e. The van der Waals surface area contributed by atoms with E-state index in [-0.39, 0.29) is 5.82 Å². The predicted molar refractivity (Wildman–Crippen MR) is 104 cm³/mol. The second-order valence-electron chi connectivity index (χ2n) is 5.26. The van der Waals surface area contributed by atoms with Crippen molar-refractivity contribution in [2.45, 2.75) is 6.54 Å². The number of rotatable bonds is 4. The molecule has 1 heterocycles. The zero-order chi connectivity index (χ0) is 17.8. The monoisotopic (exact) mass is 394 g/mol. The van der Waals surface area contributed by atoms with Crippen LogP contribution in [0, 0.1) is 5.82 Å². The van der Waals surface area contributed by atoms with Crippen LogP contribution in [-0.4, -0.2) is 14.9 Å². The zero-order valence-corrected chi connectivity index (χ0v) is 15.2. The molecular formula is C17H13Cl2FN4S. The maximum atomic E-state index is 13.7. The highest BCUT2D eigenvalue weighted by Crippen LogP contribution is 2.22. The van der Waals surface area contributed by atoms with Crippen LogP contribution in [0.15, 0.2) is 54.9 Å². The molecule has 4 nitrogen and oxygen atoms in total. The van der Waals surface area contributed by atoms with Crippen molar-refractivity contribution in [2.24, 2.45) is 0 Å². The van der Waals surface area contributed by atoms with Gasteiger partial charge >= 0.3 is 0 Å². The van der Waals surface area contributed by atoms with Crippen LogP contribution in [-0.2, 0) is 6.54 Å². The third-order valence-corrected chi connectivity index (χ3v) is 3.94. The lowest BCUT2D eigenvalue weighted by Gasteiger charge is -2.09. The highest BCUT2D eigenvalue weighted by Gasteiger charge is 2.06. The summed E-state index contributed by atoms with van der Waals surface area (Å²) in [6, 6.07) is 11.6. The van der Waals surface area contributed by atoms with Gasteiger partial charge in [-0.3, -0.25) is 4.68 Å². The lowest BCUT2D eigenvalue weighted by molar-refractivity contribution is 0.585. The SMILES string of the molecule is Fc1ccccc1Cn1cc(NC(=S)Nc2cc(Cl)cc(Cl)c2)cn1. The first-order chi connectivity index (χ1) is 12.0. The third kappa shape index (κ3) is 4.92. The summed E-state index contributed by atoms with van der Waals surface area (Å²) >= 11 is 17.2. The minimum atomic E-state index is -0.262. The molecule has 128 valence electrons. The van der Waals surface area contributed by atoms with Gasteiger partial charge in [0, 0.05) is 27.5 Å². The van der Waals surface area contributed by atoms with Crippen LogP contribution in [0.5, 0.6) is 0 Å². The van der Waals surface area contributed by atoms with Crippen LogP contribution in [0.4, 0.5) is 15.8 Å². The fourth-order valence-electron chi connectivity index (χ4n) is 2.24. The Morgan fingerprint density at radius 2 is 1.76 bits per heavy atom. The molecule has 0 atom stereocenters. The molecule has 0 aliphatic heterocycles. The molecule has 0 bridgehead atoms. The molecule has 2 aromatic carbocycles.